The van der Waals surface area contributed by atoms with Gasteiger partial charge in [0.25, 0.3) is 0 Å². The van der Waals surface area contributed by atoms with Gasteiger partial charge >= 0.3 is 0 Å². The molecular weight excluding hydrogens is 583 g/mol. The van der Waals surface area contributed by atoms with E-state index in [-0.39, 0.29) is 17.4 Å². The molecule has 4 aliphatic rings. The van der Waals surface area contributed by atoms with Crippen LogP contribution in [-0.2, 0) is 10.8 Å². The van der Waals surface area contributed by atoms with Crippen LogP contribution < -0.4 is 4.74 Å². The van der Waals surface area contributed by atoms with Crippen molar-refractivity contribution >= 4 is 21.8 Å². The van der Waals surface area contributed by atoms with Crippen molar-refractivity contribution in [3.05, 3.63) is 191 Å². The Kier molecular flexibility index (Phi) is 4.99. The first-order valence-electron chi connectivity index (χ1n) is 17.1. The normalized spacial score (nSPS) is 21.8. The molecule has 2 heteroatoms. The molecule has 228 valence electrons. The van der Waals surface area contributed by atoms with Gasteiger partial charge < -0.3 is 9.30 Å². The topological polar surface area (TPSA) is 14.2 Å². The van der Waals surface area contributed by atoms with Crippen molar-refractivity contribution < 1.29 is 4.74 Å². The molecule has 0 saturated carbocycles. The average Bonchev–Trinajstić information content (AvgIpc) is 3.68. The van der Waals surface area contributed by atoms with E-state index in [1.165, 1.54) is 77.6 Å². The number of allylic oxidation sites excluding steroid dienone is 2. The van der Waals surface area contributed by atoms with Crippen molar-refractivity contribution in [1.82, 2.24) is 4.57 Å². The zero-order chi connectivity index (χ0) is 31.8. The maximum atomic E-state index is 6.38. The number of hydrogen-bond donors (Lipinski definition) is 0. The lowest BCUT2D eigenvalue weighted by Crippen LogP contribution is -2.44. The van der Waals surface area contributed by atoms with Gasteiger partial charge in [-0.1, -0.05) is 135 Å². The predicted molar refractivity (Wildman–Crippen MR) is 196 cm³/mol. The van der Waals surface area contributed by atoms with Crippen LogP contribution >= 0.6 is 0 Å². The Hall–Kier alpha value is -5.60. The number of aromatic nitrogens is 1. The van der Waals surface area contributed by atoms with Crippen LogP contribution in [0.1, 0.15) is 58.7 Å². The Morgan fingerprint density at radius 1 is 0.604 bits per heavy atom. The number of fused-ring (bicyclic) bond motifs is 14. The quantitative estimate of drug-likeness (QED) is 0.179. The highest BCUT2D eigenvalue weighted by Gasteiger charge is 2.53. The zero-order valence-electron chi connectivity index (χ0n) is 26.9. The highest BCUT2D eigenvalue weighted by atomic mass is 16.5. The van der Waals surface area contributed by atoms with Crippen LogP contribution in [0.2, 0.25) is 0 Å². The highest BCUT2D eigenvalue weighted by molar-refractivity contribution is 6.12. The molecule has 0 amide bonds. The fraction of sp³-hybridized carbons (Fsp3) is 0.130. The second-order valence-electron chi connectivity index (χ2n) is 14.4. The molecule has 0 N–H and O–H groups in total. The molecule has 3 heterocycles. The van der Waals surface area contributed by atoms with Crippen molar-refractivity contribution in [1.29, 1.82) is 0 Å². The first-order chi connectivity index (χ1) is 23.6. The lowest BCUT2D eigenvalue weighted by atomic mass is 9.52. The molecular formula is C46H33NO. The standard InChI is InChI=1S/C46H33NO/c1-45(2)34-17-5-6-18-35(34)46(36-19-7-9-23-40(36)47-39-22-8-3-13-30(39)32-16-12-21-38(46)44(32)47)37-20-11-15-29(43(37)45)28-25-26-42-33(27-28)31-14-4-10-24-41(31)48-42/h3-27,31,41H,1-2H3. The van der Waals surface area contributed by atoms with E-state index >= 15 is 0 Å². The van der Waals surface area contributed by atoms with Crippen LogP contribution in [0.15, 0.2) is 152 Å². The van der Waals surface area contributed by atoms with E-state index in [0.717, 1.165) is 5.75 Å². The third-order valence-corrected chi connectivity index (χ3v) is 11.8. The molecule has 3 atom stereocenters. The molecule has 7 aromatic rings. The Balaban J connectivity index is 1.29. The summed E-state index contributed by atoms with van der Waals surface area (Å²) in [6.45, 7) is 4.85. The van der Waals surface area contributed by atoms with Gasteiger partial charge in [-0.3, -0.25) is 0 Å². The Morgan fingerprint density at radius 3 is 2.23 bits per heavy atom. The van der Waals surface area contributed by atoms with Crippen molar-refractivity contribution in [3.8, 4) is 22.6 Å². The molecule has 2 aliphatic heterocycles. The summed E-state index contributed by atoms with van der Waals surface area (Å²) >= 11 is 0. The summed E-state index contributed by atoms with van der Waals surface area (Å²) in [5, 5.41) is 2.60. The van der Waals surface area contributed by atoms with Gasteiger partial charge in [0, 0.05) is 27.7 Å². The number of rotatable bonds is 1. The number of hydrogen-bond acceptors (Lipinski definition) is 1. The van der Waals surface area contributed by atoms with E-state index in [1.54, 1.807) is 0 Å². The Labute approximate surface area is 280 Å². The smallest absolute Gasteiger partial charge is 0.128 e. The monoisotopic (exact) mass is 615 g/mol. The molecule has 11 rings (SSSR count). The first kappa shape index (κ1) is 26.5. The van der Waals surface area contributed by atoms with E-state index in [0.29, 0.717) is 0 Å². The fourth-order valence-electron chi connectivity index (χ4n) is 9.91. The van der Waals surface area contributed by atoms with Gasteiger partial charge in [0.05, 0.1) is 22.1 Å². The van der Waals surface area contributed by atoms with Crippen molar-refractivity contribution in [2.45, 2.75) is 36.7 Å². The second-order valence-corrected chi connectivity index (χ2v) is 14.4. The molecule has 6 aromatic carbocycles. The maximum Gasteiger partial charge on any atom is 0.128 e. The van der Waals surface area contributed by atoms with Crippen LogP contribution in [0.4, 0.5) is 0 Å². The number of nitrogens with zero attached hydrogens (tertiary/aromatic N) is 1. The molecule has 2 aliphatic carbocycles. The molecule has 0 fully saturated rings. The minimum absolute atomic E-state index is 0.0718. The Morgan fingerprint density at radius 2 is 1.31 bits per heavy atom. The van der Waals surface area contributed by atoms with Gasteiger partial charge in [-0.15, -0.1) is 0 Å². The summed E-state index contributed by atoms with van der Waals surface area (Å²) in [4.78, 5) is 0. The molecule has 0 bridgehead atoms. The first-order valence-corrected chi connectivity index (χ1v) is 17.1. The summed E-state index contributed by atoms with van der Waals surface area (Å²) in [6, 6.07) is 48.2. The number of ether oxygens (including phenoxy) is 1. The second kappa shape index (κ2) is 9.05. The van der Waals surface area contributed by atoms with Crippen LogP contribution in [0.3, 0.4) is 0 Å². The maximum absolute atomic E-state index is 6.38. The van der Waals surface area contributed by atoms with Gasteiger partial charge in [-0.05, 0) is 74.8 Å². The van der Waals surface area contributed by atoms with E-state index in [9.17, 15) is 0 Å². The van der Waals surface area contributed by atoms with Crippen molar-refractivity contribution in [2.24, 2.45) is 0 Å². The largest absolute Gasteiger partial charge is 0.485 e. The van der Waals surface area contributed by atoms with Gasteiger partial charge in [-0.25, -0.2) is 0 Å². The summed E-state index contributed by atoms with van der Waals surface area (Å²) in [5.41, 5.74) is 15.1. The van der Waals surface area contributed by atoms with Gasteiger partial charge in [-0.2, -0.15) is 0 Å². The van der Waals surface area contributed by atoms with Gasteiger partial charge in [0.2, 0.25) is 0 Å². The minimum Gasteiger partial charge on any atom is -0.485 e. The molecule has 1 aromatic heterocycles. The summed E-state index contributed by atoms with van der Waals surface area (Å²) in [5.74, 6) is 1.24. The molecule has 0 radical (unpaired) electrons. The predicted octanol–water partition coefficient (Wildman–Crippen LogP) is 10.8. The van der Waals surface area contributed by atoms with Gasteiger partial charge in [0.15, 0.2) is 0 Å². The molecule has 2 nitrogen and oxygen atoms in total. The highest BCUT2D eigenvalue weighted by Crippen LogP contribution is 2.61. The lowest BCUT2D eigenvalue weighted by Gasteiger charge is -2.50. The average molecular weight is 616 g/mol. The molecule has 1 spiro atoms. The number of benzene rings is 6. The van der Waals surface area contributed by atoms with Crippen molar-refractivity contribution in [3.63, 3.8) is 0 Å². The van der Waals surface area contributed by atoms with Crippen LogP contribution in [0.5, 0.6) is 5.75 Å². The third-order valence-electron chi connectivity index (χ3n) is 11.8. The van der Waals surface area contributed by atoms with E-state index in [2.05, 4.69) is 170 Å². The van der Waals surface area contributed by atoms with E-state index < -0.39 is 5.41 Å². The number of para-hydroxylation sites is 3. The van der Waals surface area contributed by atoms with E-state index in [4.69, 9.17) is 4.74 Å². The van der Waals surface area contributed by atoms with Crippen molar-refractivity contribution in [2.75, 3.05) is 0 Å². The zero-order valence-corrected chi connectivity index (χ0v) is 26.9. The van der Waals surface area contributed by atoms with Gasteiger partial charge in [0.1, 0.15) is 11.9 Å². The van der Waals surface area contributed by atoms with Crippen LogP contribution in [0, 0.1) is 0 Å². The summed E-state index contributed by atoms with van der Waals surface area (Å²) < 4.78 is 8.90. The molecule has 3 unspecified atom stereocenters. The SMILES string of the molecule is CC1(C)c2ccccc2C2(c3ccccc3-n3c4ccccc4c4cccc2c43)c2cccc(-c3ccc4c(c3)C3C=CC=CC3O4)c21. The van der Waals surface area contributed by atoms with Crippen LogP contribution in [0.25, 0.3) is 38.6 Å². The Bertz CT molecular complexity index is 2600. The fourth-order valence-corrected chi connectivity index (χ4v) is 9.91. The molecule has 0 saturated heterocycles. The lowest BCUT2D eigenvalue weighted by molar-refractivity contribution is 0.269. The third kappa shape index (κ3) is 3.05. The summed E-state index contributed by atoms with van der Waals surface area (Å²) in [6.07, 6.45) is 8.79. The minimum atomic E-state index is -0.500. The molecule has 48 heavy (non-hydrogen) atoms. The van der Waals surface area contributed by atoms with E-state index in [1.807, 2.05) is 0 Å². The van der Waals surface area contributed by atoms with Crippen LogP contribution in [-0.4, -0.2) is 10.7 Å². The summed E-state index contributed by atoms with van der Waals surface area (Å²) in [7, 11) is 0.